The Kier molecular flexibility index (Phi) is 6.47. The highest BCUT2D eigenvalue weighted by atomic mass is 32.2. The standard InChI is InChI=1S/C32H29BF2N2S2/c1-20-6-10-25(11-7-20)38-29-16-14-27-32(31-23(4)18-22(3)19-24(31)5)28-15-17-30(37(28)33(34,35)36(27)29)39-26-12-8-21(2)9-13-26/h6-19H,1-5H3. The van der Waals surface area contributed by atoms with Crippen molar-refractivity contribution in [2.24, 2.45) is 0 Å². The van der Waals surface area contributed by atoms with Gasteiger partial charge in [-0.1, -0.05) is 64.9 Å². The number of hydrogen-bond acceptors (Lipinski definition) is 2. The van der Waals surface area contributed by atoms with Gasteiger partial charge in [-0.05, 0) is 99.5 Å². The summed E-state index contributed by atoms with van der Waals surface area (Å²) in [4.78, 5) is 1.87. The average Bonchev–Trinajstić information content (AvgIpc) is 3.49. The van der Waals surface area contributed by atoms with Crippen LogP contribution in [0.3, 0.4) is 0 Å². The smallest absolute Gasteiger partial charge is 0.389 e. The van der Waals surface area contributed by atoms with Crippen LogP contribution in [-0.2, 0) is 0 Å². The fraction of sp³-hybridized carbons (Fsp3) is 0.156. The summed E-state index contributed by atoms with van der Waals surface area (Å²) in [6.07, 6.45) is 3.71. The Morgan fingerprint density at radius 1 is 0.667 bits per heavy atom. The van der Waals surface area contributed by atoms with Crippen molar-refractivity contribution in [1.82, 2.24) is 4.48 Å². The Hall–Kier alpha value is -3.29. The molecule has 0 N–H and O–H groups in total. The summed E-state index contributed by atoms with van der Waals surface area (Å²) in [7, 11) is 0. The van der Waals surface area contributed by atoms with E-state index < -0.39 is 6.97 Å². The lowest BCUT2D eigenvalue weighted by atomic mass is 9.83. The summed E-state index contributed by atoms with van der Waals surface area (Å²) >= 11 is 2.76. The second-order valence-corrected chi connectivity index (χ2v) is 12.6. The Balaban J connectivity index is 1.59. The van der Waals surface area contributed by atoms with Gasteiger partial charge < -0.3 is 17.6 Å². The Bertz CT molecular complexity index is 1690. The van der Waals surface area contributed by atoms with Crippen molar-refractivity contribution >= 4 is 41.1 Å². The van der Waals surface area contributed by atoms with Crippen molar-refractivity contribution in [3.63, 3.8) is 0 Å². The summed E-state index contributed by atoms with van der Waals surface area (Å²) in [5.41, 5.74) is 8.60. The highest BCUT2D eigenvalue weighted by Crippen LogP contribution is 2.46. The van der Waals surface area contributed by atoms with Crippen molar-refractivity contribution in [2.75, 3.05) is 0 Å². The largest absolute Gasteiger partial charge is 0.738 e. The first-order valence-corrected chi connectivity index (χ1v) is 14.7. The van der Waals surface area contributed by atoms with Gasteiger partial charge in [0.05, 0.1) is 5.57 Å². The van der Waals surface area contributed by atoms with Crippen LogP contribution in [0.5, 0.6) is 0 Å². The molecule has 6 rings (SSSR count). The van der Waals surface area contributed by atoms with Crippen LogP contribution in [0.1, 0.15) is 39.1 Å². The van der Waals surface area contributed by atoms with E-state index in [9.17, 15) is 0 Å². The number of thioether (sulfide) groups is 1. The van der Waals surface area contributed by atoms with E-state index in [-0.39, 0.29) is 0 Å². The molecule has 0 unspecified atom stereocenters. The number of hydrogen-bond donors (Lipinski definition) is 0. The molecular weight excluding hydrogens is 525 g/mol. The summed E-state index contributed by atoms with van der Waals surface area (Å²) in [6.45, 7) is 6.12. The maximum absolute atomic E-state index is 16.8. The lowest BCUT2D eigenvalue weighted by molar-refractivity contribution is -0.359. The minimum atomic E-state index is -4.15. The molecule has 0 fully saturated rings. The van der Waals surface area contributed by atoms with E-state index in [1.54, 1.807) is 0 Å². The summed E-state index contributed by atoms with van der Waals surface area (Å²) in [5.74, 6) is 0. The van der Waals surface area contributed by atoms with Crippen LogP contribution < -0.4 is 0 Å². The number of allylic oxidation sites excluding steroid dienone is 1. The number of aromatic nitrogens is 1. The summed E-state index contributed by atoms with van der Waals surface area (Å²) in [5, 5.41) is 1.06. The molecule has 7 heteroatoms. The molecular formula is C32H29BF2N2S2. The van der Waals surface area contributed by atoms with E-state index >= 15 is 8.63 Å². The van der Waals surface area contributed by atoms with Crippen LogP contribution in [0.2, 0.25) is 0 Å². The monoisotopic (exact) mass is 554 g/mol. The first-order valence-electron chi connectivity index (χ1n) is 13.0. The van der Waals surface area contributed by atoms with E-state index in [1.807, 2.05) is 86.7 Å². The van der Waals surface area contributed by atoms with Gasteiger partial charge in [-0.15, -0.1) is 0 Å². The fourth-order valence-corrected chi connectivity index (χ4v) is 7.55. The molecule has 2 aliphatic heterocycles. The maximum Gasteiger partial charge on any atom is 0.738 e. The normalized spacial score (nSPS) is 15.7. The Morgan fingerprint density at radius 2 is 1.23 bits per heavy atom. The molecule has 0 atom stereocenters. The van der Waals surface area contributed by atoms with Crippen molar-refractivity contribution in [1.29, 1.82) is 0 Å². The van der Waals surface area contributed by atoms with E-state index in [4.69, 9.17) is 0 Å². The van der Waals surface area contributed by atoms with Gasteiger partial charge in [0.1, 0.15) is 0 Å². The molecule has 2 nitrogen and oxygen atoms in total. The Labute approximate surface area is 237 Å². The molecule has 0 saturated heterocycles. The van der Waals surface area contributed by atoms with Crippen LogP contribution in [0.15, 0.2) is 105 Å². The zero-order valence-electron chi connectivity index (χ0n) is 22.6. The zero-order chi connectivity index (χ0) is 27.5. The number of fused-ring (bicyclic) bond motifs is 2. The lowest BCUT2D eigenvalue weighted by Gasteiger charge is -2.34. The van der Waals surface area contributed by atoms with Gasteiger partial charge in [-0.25, -0.2) is 0 Å². The van der Waals surface area contributed by atoms with Crippen LogP contribution in [0.4, 0.5) is 8.63 Å². The van der Waals surface area contributed by atoms with Gasteiger partial charge in [0.2, 0.25) is 0 Å². The molecule has 39 heavy (non-hydrogen) atoms. The minimum absolute atomic E-state index is 0.532. The zero-order valence-corrected chi connectivity index (χ0v) is 24.3. The second kappa shape index (κ2) is 9.72. The molecule has 0 bridgehead atoms. The lowest BCUT2D eigenvalue weighted by Crippen LogP contribution is -2.51. The number of nitrogens with zero attached hydrogens (tertiary/aromatic N) is 2. The van der Waals surface area contributed by atoms with Gasteiger partial charge in [-0.2, -0.15) is 0 Å². The van der Waals surface area contributed by atoms with Gasteiger partial charge in [0.25, 0.3) is 0 Å². The summed E-state index contributed by atoms with van der Waals surface area (Å²) < 4.78 is 36.2. The molecule has 0 radical (unpaired) electrons. The van der Waals surface area contributed by atoms with Crippen molar-refractivity contribution < 1.29 is 13.1 Å². The molecule has 3 heterocycles. The molecule has 0 saturated carbocycles. The molecule has 4 aromatic rings. The van der Waals surface area contributed by atoms with Crippen molar-refractivity contribution in [3.8, 4) is 0 Å². The first-order chi connectivity index (χ1) is 18.6. The fourth-order valence-electron chi connectivity index (χ4n) is 5.61. The van der Waals surface area contributed by atoms with E-state index in [0.717, 1.165) is 48.7 Å². The SMILES string of the molecule is Cc1ccc(SC2=[N+]3C(=C(c4c(C)cc(C)cc4C)c4ccc(Sc5ccc(C)cc5)n4[B-]3(F)F)C=C2)cc1. The van der Waals surface area contributed by atoms with Gasteiger partial charge in [0, 0.05) is 32.7 Å². The molecule has 0 amide bonds. The molecule has 0 aliphatic carbocycles. The Morgan fingerprint density at radius 3 is 1.82 bits per heavy atom. The number of rotatable bonds is 4. The molecule has 196 valence electrons. The van der Waals surface area contributed by atoms with Gasteiger partial charge >= 0.3 is 6.97 Å². The van der Waals surface area contributed by atoms with Crippen LogP contribution in [0, 0.1) is 34.6 Å². The molecule has 2 aliphatic rings. The predicted molar refractivity (Wildman–Crippen MR) is 161 cm³/mol. The van der Waals surface area contributed by atoms with E-state index in [0.29, 0.717) is 21.5 Å². The van der Waals surface area contributed by atoms with Gasteiger partial charge in [-0.3, -0.25) is 0 Å². The van der Waals surface area contributed by atoms with Gasteiger partial charge in [0.15, 0.2) is 10.7 Å². The van der Waals surface area contributed by atoms with Crippen LogP contribution in [-0.4, -0.2) is 21.0 Å². The minimum Gasteiger partial charge on any atom is -0.389 e. The van der Waals surface area contributed by atoms with E-state index in [2.05, 4.69) is 32.9 Å². The quantitative estimate of drug-likeness (QED) is 0.233. The van der Waals surface area contributed by atoms with Crippen LogP contribution in [0.25, 0.3) is 5.57 Å². The molecule has 3 aromatic carbocycles. The van der Waals surface area contributed by atoms with E-state index in [1.165, 1.54) is 32.5 Å². The summed E-state index contributed by atoms with van der Waals surface area (Å²) in [6, 6.07) is 24.0. The third-order valence-corrected chi connectivity index (χ3v) is 9.41. The third-order valence-electron chi connectivity index (χ3n) is 7.31. The number of aryl methyl sites for hydroxylation is 5. The van der Waals surface area contributed by atoms with Crippen LogP contribution >= 0.6 is 23.5 Å². The highest BCUT2D eigenvalue weighted by Gasteiger charge is 2.55. The molecule has 0 spiro atoms. The predicted octanol–water partition coefficient (Wildman–Crippen LogP) is 8.95. The number of benzene rings is 3. The number of halogens is 2. The maximum atomic E-state index is 16.8. The van der Waals surface area contributed by atoms with Crippen molar-refractivity contribution in [2.45, 2.75) is 49.4 Å². The van der Waals surface area contributed by atoms with Crippen molar-refractivity contribution in [3.05, 3.63) is 130 Å². The molecule has 1 aromatic heterocycles. The second-order valence-electron chi connectivity index (χ2n) is 10.4. The average molecular weight is 555 g/mol. The highest BCUT2D eigenvalue weighted by molar-refractivity contribution is 8.14. The first kappa shape index (κ1) is 26.0. The topological polar surface area (TPSA) is 7.94 Å². The third kappa shape index (κ3) is 4.51.